The summed E-state index contributed by atoms with van der Waals surface area (Å²) in [5.41, 5.74) is -2.00. The van der Waals surface area contributed by atoms with E-state index in [0.29, 0.717) is 18.8 Å². The number of carbonyl (C=O) groups excluding carboxylic acids is 1. The molecule has 2 rings (SSSR count). The summed E-state index contributed by atoms with van der Waals surface area (Å²) in [5, 5.41) is 0. The predicted octanol–water partition coefficient (Wildman–Crippen LogP) is 5.15. The van der Waals surface area contributed by atoms with E-state index in [9.17, 15) is 13.2 Å². The summed E-state index contributed by atoms with van der Waals surface area (Å²) in [6, 6.07) is 0. The lowest BCUT2D eigenvalue weighted by Crippen LogP contribution is -2.57. The fourth-order valence-corrected chi connectivity index (χ4v) is 7.71. The lowest BCUT2D eigenvalue weighted by atomic mass is 9.53. The maximum absolute atomic E-state index is 13.4. The van der Waals surface area contributed by atoms with Crippen LogP contribution >= 0.6 is 0 Å². The molecule has 1 saturated carbocycles. The lowest BCUT2D eigenvalue weighted by Gasteiger charge is -2.51. The standard InChI is InChI=1S/C24H45NO4S/c1-12-24(18-17(29-18)13-16(2)22(24,9)10)15-30(27,28)25-19(26)23(11,21(6,7)8)14-20(3,4)5/h16-18H,12-15H2,1-11H3,(H,25,26). The maximum Gasteiger partial charge on any atom is 0.239 e. The van der Waals surface area contributed by atoms with Gasteiger partial charge >= 0.3 is 0 Å². The number of ether oxygens (including phenoxy) is 1. The van der Waals surface area contributed by atoms with Crippen molar-refractivity contribution in [1.29, 1.82) is 0 Å². The van der Waals surface area contributed by atoms with E-state index in [4.69, 9.17) is 4.74 Å². The summed E-state index contributed by atoms with van der Waals surface area (Å²) in [5.74, 6) is -0.116. The van der Waals surface area contributed by atoms with Crippen LogP contribution < -0.4 is 4.72 Å². The second-order valence-electron chi connectivity index (χ2n) is 13.0. The van der Waals surface area contributed by atoms with Gasteiger partial charge in [-0.15, -0.1) is 0 Å². The molecular formula is C24H45NO4S. The van der Waals surface area contributed by atoms with Crippen molar-refractivity contribution in [2.75, 3.05) is 5.75 Å². The van der Waals surface area contributed by atoms with Crippen LogP contribution in [0, 0.1) is 33.0 Å². The maximum atomic E-state index is 13.4. The summed E-state index contributed by atoms with van der Waals surface area (Å²) in [4.78, 5) is 13.4. The second kappa shape index (κ2) is 7.47. The summed E-state index contributed by atoms with van der Waals surface area (Å²) >= 11 is 0. The molecule has 1 N–H and O–H groups in total. The second-order valence-corrected chi connectivity index (χ2v) is 14.7. The van der Waals surface area contributed by atoms with Gasteiger partial charge in [0.2, 0.25) is 15.9 Å². The first kappa shape index (κ1) is 25.6. The number of fused-ring (bicyclic) bond motifs is 1. The van der Waals surface area contributed by atoms with Gasteiger partial charge in [-0.3, -0.25) is 9.52 Å². The molecule has 0 spiro atoms. The zero-order valence-corrected chi connectivity index (χ0v) is 21.9. The van der Waals surface area contributed by atoms with Gasteiger partial charge in [0.05, 0.1) is 23.4 Å². The summed E-state index contributed by atoms with van der Waals surface area (Å²) in [6.45, 7) is 22.7. The van der Waals surface area contributed by atoms with Crippen LogP contribution in [0.1, 0.15) is 95.4 Å². The Balaban J connectivity index is 2.34. The first-order chi connectivity index (χ1) is 13.2. The first-order valence-electron chi connectivity index (χ1n) is 11.4. The molecule has 1 amide bonds. The molecule has 0 aromatic heterocycles. The number of amides is 1. The molecule has 1 saturated heterocycles. The zero-order chi connectivity index (χ0) is 23.6. The molecule has 0 aromatic rings. The first-order valence-corrected chi connectivity index (χ1v) is 13.1. The molecule has 5 unspecified atom stereocenters. The molecule has 0 bridgehead atoms. The minimum atomic E-state index is -3.83. The van der Waals surface area contributed by atoms with Crippen LogP contribution in [-0.2, 0) is 19.6 Å². The van der Waals surface area contributed by atoms with Crippen LogP contribution in [0.5, 0.6) is 0 Å². The Bertz CT molecular complexity index is 774. The van der Waals surface area contributed by atoms with Crippen molar-refractivity contribution in [3.63, 3.8) is 0 Å². The molecule has 5 atom stereocenters. The van der Waals surface area contributed by atoms with E-state index < -0.39 is 26.8 Å². The van der Waals surface area contributed by atoms with Crippen molar-refractivity contribution < 1.29 is 17.9 Å². The van der Waals surface area contributed by atoms with Gasteiger partial charge < -0.3 is 4.74 Å². The van der Waals surface area contributed by atoms with Gasteiger partial charge in [-0.25, -0.2) is 8.42 Å². The van der Waals surface area contributed by atoms with E-state index in [-0.39, 0.29) is 34.2 Å². The number of epoxide rings is 1. The predicted molar refractivity (Wildman–Crippen MR) is 123 cm³/mol. The smallest absolute Gasteiger partial charge is 0.239 e. The molecule has 5 nitrogen and oxygen atoms in total. The van der Waals surface area contributed by atoms with Crippen LogP contribution in [0.15, 0.2) is 0 Å². The average molecular weight is 444 g/mol. The highest BCUT2D eigenvalue weighted by Gasteiger charge is 2.67. The molecule has 6 heteroatoms. The molecule has 30 heavy (non-hydrogen) atoms. The van der Waals surface area contributed by atoms with Crippen LogP contribution in [-0.4, -0.2) is 32.3 Å². The van der Waals surface area contributed by atoms with E-state index in [1.54, 1.807) is 0 Å². The van der Waals surface area contributed by atoms with Crippen molar-refractivity contribution in [1.82, 2.24) is 4.72 Å². The van der Waals surface area contributed by atoms with Crippen LogP contribution in [0.2, 0.25) is 0 Å². The molecule has 2 fully saturated rings. The third-order valence-corrected chi connectivity index (χ3v) is 9.99. The topological polar surface area (TPSA) is 75.8 Å². The Morgan fingerprint density at radius 1 is 1.10 bits per heavy atom. The van der Waals surface area contributed by atoms with E-state index in [1.165, 1.54) is 0 Å². The highest BCUT2D eigenvalue weighted by Crippen LogP contribution is 2.62. The number of hydrogen-bond donors (Lipinski definition) is 1. The normalized spacial score (nSPS) is 33.4. The number of rotatable bonds is 6. The van der Waals surface area contributed by atoms with Crippen molar-refractivity contribution in [3.8, 4) is 0 Å². The SMILES string of the molecule is CCC1(CS(=O)(=O)NC(=O)C(C)(CC(C)(C)C)C(C)(C)C)C2OC2CC(C)C1(C)C. The number of sulfonamides is 1. The minimum absolute atomic E-state index is 0.0380. The summed E-state index contributed by atoms with van der Waals surface area (Å²) < 4.78 is 35.2. The fraction of sp³-hybridized carbons (Fsp3) is 0.958. The molecule has 1 aliphatic carbocycles. The highest BCUT2D eigenvalue weighted by atomic mass is 32.2. The molecular weight excluding hydrogens is 398 g/mol. The van der Waals surface area contributed by atoms with E-state index in [2.05, 4.69) is 53.2 Å². The van der Waals surface area contributed by atoms with E-state index in [1.807, 2.05) is 27.7 Å². The molecule has 1 aliphatic heterocycles. The van der Waals surface area contributed by atoms with Crippen molar-refractivity contribution in [2.45, 2.75) is 108 Å². The Hall–Kier alpha value is -0.620. The number of nitrogens with one attached hydrogen (secondary N) is 1. The molecule has 0 radical (unpaired) electrons. The fourth-order valence-electron chi connectivity index (χ4n) is 5.71. The Kier molecular flexibility index (Phi) is 6.38. The van der Waals surface area contributed by atoms with Crippen molar-refractivity contribution >= 4 is 15.9 Å². The van der Waals surface area contributed by atoms with E-state index in [0.717, 1.165) is 6.42 Å². The van der Waals surface area contributed by atoms with Gasteiger partial charge in [0, 0.05) is 5.41 Å². The van der Waals surface area contributed by atoms with Crippen LogP contribution in [0.4, 0.5) is 0 Å². The zero-order valence-electron chi connectivity index (χ0n) is 21.1. The molecule has 176 valence electrons. The number of carbonyl (C=O) groups is 1. The Morgan fingerprint density at radius 2 is 1.63 bits per heavy atom. The van der Waals surface area contributed by atoms with Crippen molar-refractivity contribution in [3.05, 3.63) is 0 Å². The van der Waals surface area contributed by atoms with Crippen LogP contribution in [0.25, 0.3) is 0 Å². The Labute approximate surface area is 185 Å². The lowest BCUT2D eigenvalue weighted by molar-refractivity contribution is -0.136. The minimum Gasteiger partial charge on any atom is -0.369 e. The van der Waals surface area contributed by atoms with Gasteiger partial charge in [0.25, 0.3) is 0 Å². The van der Waals surface area contributed by atoms with Gasteiger partial charge in [-0.1, -0.05) is 76.2 Å². The highest BCUT2D eigenvalue weighted by molar-refractivity contribution is 7.90. The van der Waals surface area contributed by atoms with E-state index >= 15 is 0 Å². The van der Waals surface area contributed by atoms with Gasteiger partial charge in [0.15, 0.2) is 0 Å². The van der Waals surface area contributed by atoms with Gasteiger partial charge in [-0.05, 0) is 41.4 Å². The van der Waals surface area contributed by atoms with Gasteiger partial charge in [0.1, 0.15) is 0 Å². The monoisotopic (exact) mass is 443 g/mol. The van der Waals surface area contributed by atoms with Crippen LogP contribution in [0.3, 0.4) is 0 Å². The third kappa shape index (κ3) is 4.46. The summed E-state index contributed by atoms with van der Waals surface area (Å²) in [7, 11) is -3.83. The average Bonchev–Trinajstić information content (AvgIpc) is 3.28. The third-order valence-electron chi connectivity index (χ3n) is 8.60. The molecule has 0 aromatic carbocycles. The molecule has 2 aliphatic rings. The Morgan fingerprint density at radius 3 is 2.07 bits per heavy atom. The van der Waals surface area contributed by atoms with Gasteiger partial charge in [-0.2, -0.15) is 0 Å². The largest absolute Gasteiger partial charge is 0.369 e. The summed E-state index contributed by atoms with van der Waals surface area (Å²) in [6.07, 6.45) is 2.39. The quantitative estimate of drug-likeness (QED) is 0.576. The number of hydrogen-bond acceptors (Lipinski definition) is 4. The molecule has 1 heterocycles. The van der Waals surface area contributed by atoms with Crippen molar-refractivity contribution in [2.24, 2.45) is 33.0 Å².